The second-order valence-corrected chi connectivity index (χ2v) is 8.74. The van der Waals surface area contributed by atoms with Crippen LogP contribution in [-0.2, 0) is 26.2 Å². The molecule has 0 saturated carbocycles. The molecule has 1 aromatic carbocycles. The van der Waals surface area contributed by atoms with Gasteiger partial charge in [0.2, 0.25) is 0 Å². The van der Waals surface area contributed by atoms with Crippen LogP contribution in [-0.4, -0.2) is 28.8 Å². The van der Waals surface area contributed by atoms with Crippen LogP contribution in [0.25, 0.3) is 0 Å². The number of hydrogen-bond acceptors (Lipinski definition) is 4. The number of rotatable bonds is 9. The molecule has 0 radical (unpaired) electrons. The molecule has 0 spiro atoms. The van der Waals surface area contributed by atoms with Gasteiger partial charge in [-0.25, -0.2) is 4.79 Å². The Bertz CT molecular complexity index is 669. The van der Waals surface area contributed by atoms with E-state index in [1.54, 1.807) is 13.0 Å². The minimum atomic E-state index is -0.930. The largest absolute Gasteiger partial charge is 0.507 e. The molecular formula is C24H38O5. The zero-order valence-corrected chi connectivity index (χ0v) is 18.9. The summed E-state index contributed by atoms with van der Waals surface area (Å²) >= 11 is 0. The van der Waals surface area contributed by atoms with Crippen LogP contribution >= 0.6 is 0 Å². The predicted octanol–water partition coefficient (Wildman–Crippen LogP) is 5.56. The number of carbonyl (C=O) groups is 2. The summed E-state index contributed by atoms with van der Waals surface area (Å²) < 4.78 is 4.84. The third kappa shape index (κ3) is 12.0. The average molecular weight is 407 g/mol. The lowest BCUT2D eigenvalue weighted by Gasteiger charge is -2.21. The highest BCUT2D eigenvalue weighted by Gasteiger charge is 2.18. The van der Waals surface area contributed by atoms with Gasteiger partial charge in [-0.2, -0.15) is 0 Å². The first-order valence-corrected chi connectivity index (χ1v) is 10.2. The Kier molecular flexibility index (Phi) is 12.0. The van der Waals surface area contributed by atoms with E-state index in [-0.39, 0.29) is 23.6 Å². The van der Waals surface area contributed by atoms with Crippen molar-refractivity contribution in [3.05, 3.63) is 41.5 Å². The van der Waals surface area contributed by atoms with Crippen LogP contribution in [0.3, 0.4) is 0 Å². The van der Waals surface area contributed by atoms with Crippen LogP contribution in [0.15, 0.2) is 24.8 Å². The van der Waals surface area contributed by atoms with E-state index in [0.29, 0.717) is 12.2 Å². The third-order valence-corrected chi connectivity index (χ3v) is 4.42. The van der Waals surface area contributed by atoms with Crippen LogP contribution in [0.1, 0.15) is 77.0 Å². The molecule has 0 bridgehead atoms. The number of aromatic hydroxyl groups is 1. The molecule has 0 aromatic heterocycles. The van der Waals surface area contributed by atoms with Gasteiger partial charge < -0.3 is 14.9 Å². The molecule has 0 saturated heterocycles. The van der Waals surface area contributed by atoms with Crippen LogP contribution in [0.5, 0.6) is 5.75 Å². The monoisotopic (exact) mass is 406 g/mol. The van der Waals surface area contributed by atoms with E-state index in [2.05, 4.69) is 41.2 Å². The second-order valence-electron chi connectivity index (χ2n) is 8.74. The number of aliphatic carboxylic acids is 1. The maximum absolute atomic E-state index is 10.7. The van der Waals surface area contributed by atoms with E-state index in [1.165, 1.54) is 18.9 Å². The summed E-state index contributed by atoms with van der Waals surface area (Å²) in [6.45, 7) is 16.3. The van der Waals surface area contributed by atoms with Crippen molar-refractivity contribution in [2.24, 2.45) is 5.92 Å². The summed E-state index contributed by atoms with van der Waals surface area (Å²) in [6, 6.07) is 3.68. The van der Waals surface area contributed by atoms with E-state index < -0.39 is 5.97 Å². The lowest BCUT2D eigenvalue weighted by Crippen LogP contribution is -2.13. The van der Waals surface area contributed by atoms with Crippen molar-refractivity contribution in [3.63, 3.8) is 0 Å². The Hall–Kier alpha value is -2.30. The van der Waals surface area contributed by atoms with Crippen LogP contribution in [0, 0.1) is 12.8 Å². The van der Waals surface area contributed by atoms with E-state index in [0.717, 1.165) is 29.9 Å². The van der Waals surface area contributed by atoms with Gasteiger partial charge in [-0.05, 0) is 35.8 Å². The van der Waals surface area contributed by atoms with Crippen molar-refractivity contribution < 1.29 is 24.5 Å². The molecular weight excluding hydrogens is 368 g/mol. The molecule has 0 fully saturated rings. The number of benzene rings is 1. The van der Waals surface area contributed by atoms with Gasteiger partial charge in [-0.15, -0.1) is 0 Å². The third-order valence-electron chi connectivity index (χ3n) is 4.42. The topological polar surface area (TPSA) is 83.8 Å². The SMILES string of the molecule is C=CC(=O)OCCCCCC(C)C.Cc1cc(C(C)(C)C)cc(CC(=O)O)c1O. The first-order valence-electron chi connectivity index (χ1n) is 10.2. The minimum Gasteiger partial charge on any atom is -0.507 e. The van der Waals surface area contributed by atoms with Crippen LogP contribution in [0.4, 0.5) is 0 Å². The number of aryl methyl sites for hydroxylation is 1. The molecule has 0 atom stereocenters. The van der Waals surface area contributed by atoms with Crippen molar-refractivity contribution >= 4 is 11.9 Å². The lowest BCUT2D eigenvalue weighted by atomic mass is 9.84. The molecule has 1 aromatic rings. The molecule has 29 heavy (non-hydrogen) atoms. The first-order chi connectivity index (χ1) is 13.4. The van der Waals surface area contributed by atoms with E-state index >= 15 is 0 Å². The Balaban J connectivity index is 0.000000555. The highest BCUT2D eigenvalue weighted by atomic mass is 16.5. The quantitative estimate of drug-likeness (QED) is 0.319. The van der Waals surface area contributed by atoms with Crippen molar-refractivity contribution in [2.45, 2.75) is 79.1 Å². The van der Waals surface area contributed by atoms with Gasteiger partial charge in [0.1, 0.15) is 5.75 Å². The van der Waals surface area contributed by atoms with Gasteiger partial charge in [0, 0.05) is 11.6 Å². The molecule has 0 aliphatic rings. The van der Waals surface area contributed by atoms with Crippen molar-refractivity contribution in [3.8, 4) is 5.75 Å². The molecule has 1 rings (SSSR count). The summed E-state index contributed by atoms with van der Waals surface area (Å²) in [5.41, 5.74) is 2.20. The number of hydrogen-bond donors (Lipinski definition) is 2. The van der Waals surface area contributed by atoms with Gasteiger partial charge in [0.25, 0.3) is 0 Å². The summed E-state index contributed by atoms with van der Waals surface area (Å²) in [5.74, 6) is -0.379. The molecule has 5 nitrogen and oxygen atoms in total. The lowest BCUT2D eigenvalue weighted by molar-refractivity contribution is -0.138. The van der Waals surface area contributed by atoms with Crippen LogP contribution < -0.4 is 0 Å². The minimum absolute atomic E-state index is 0.0499. The van der Waals surface area contributed by atoms with Gasteiger partial charge in [0.15, 0.2) is 0 Å². The number of carboxylic acids is 1. The predicted molar refractivity (Wildman–Crippen MR) is 117 cm³/mol. The normalized spacial score (nSPS) is 10.9. The van der Waals surface area contributed by atoms with Crippen LogP contribution in [0.2, 0.25) is 0 Å². The Labute approximate surface area is 175 Å². The molecule has 2 N–H and O–H groups in total. The van der Waals surface area contributed by atoms with Gasteiger partial charge in [0.05, 0.1) is 13.0 Å². The number of carboxylic acid groups (broad SMARTS) is 1. The number of phenolic OH excluding ortho intramolecular Hbond substituents is 1. The maximum Gasteiger partial charge on any atom is 0.330 e. The number of esters is 1. The maximum atomic E-state index is 10.7. The fourth-order valence-electron chi connectivity index (χ4n) is 2.65. The number of phenols is 1. The highest BCUT2D eigenvalue weighted by Crippen LogP contribution is 2.30. The Morgan fingerprint density at radius 1 is 1.17 bits per heavy atom. The zero-order valence-electron chi connectivity index (χ0n) is 18.9. The number of unbranched alkanes of at least 4 members (excludes halogenated alkanes) is 2. The van der Waals surface area contributed by atoms with E-state index in [4.69, 9.17) is 9.84 Å². The molecule has 164 valence electrons. The van der Waals surface area contributed by atoms with Gasteiger partial charge in [-0.3, -0.25) is 4.79 Å². The molecule has 5 heteroatoms. The van der Waals surface area contributed by atoms with Crippen molar-refractivity contribution in [2.75, 3.05) is 6.61 Å². The fourth-order valence-corrected chi connectivity index (χ4v) is 2.65. The van der Waals surface area contributed by atoms with E-state index in [1.807, 2.05) is 6.07 Å². The second kappa shape index (κ2) is 13.0. The average Bonchev–Trinajstić information content (AvgIpc) is 2.60. The molecule has 0 unspecified atom stereocenters. The number of carbonyl (C=O) groups excluding carboxylic acids is 1. The van der Waals surface area contributed by atoms with Gasteiger partial charge >= 0.3 is 11.9 Å². The summed E-state index contributed by atoms with van der Waals surface area (Å²) in [6.07, 6.45) is 5.65. The molecule has 0 aliphatic carbocycles. The van der Waals surface area contributed by atoms with Gasteiger partial charge in [-0.1, -0.05) is 72.6 Å². The summed E-state index contributed by atoms with van der Waals surface area (Å²) in [4.78, 5) is 21.3. The Morgan fingerprint density at radius 3 is 2.28 bits per heavy atom. The summed E-state index contributed by atoms with van der Waals surface area (Å²) in [5, 5.41) is 18.5. The first kappa shape index (κ1) is 26.7. The fraction of sp³-hybridized carbons (Fsp3) is 0.583. The van der Waals surface area contributed by atoms with Crippen molar-refractivity contribution in [1.29, 1.82) is 0 Å². The molecule has 0 amide bonds. The zero-order chi connectivity index (χ0) is 22.6. The standard InChI is InChI=1S/C13H18O3.C11H20O2/c1-8-5-10(13(2,3)4)6-9(12(8)16)7-11(14)15;1-4-11(12)13-9-7-5-6-8-10(2)3/h5-6,16H,7H2,1-4H3,(H,14,15);4,10H,1,5-9H2,2-3H3. The number of ether oxygens (including phenoxy) is 1. The molecule has 0 heterocycles. The van der Waals surface area contributed by atoms with Crippen molar-refractivity contribution in [1.82, 2.24) is 0 Å². The highest BCUT2D eigenvalue weighted by molar-refractivity contribution is 5.81. The Morgan fingerprint density at radius 2 is 1.79 bits per heavy atom. The van der Waals surface area contributed by atoms with E-state index in [9.17, 15) is 14.7 Å². The summed E-state index contributed by atoms with van der Waals surface area (Å²) in [7, 11) is 0. The smallest absolute Gasteiger partial charge is 0.330 e. The molecule has 0 aliphatic heterocycles.